The zero-order valence-electron chi connectivity index (χ0n) is 14.7. The minimum Gasteiger partial charge on any atom is -0.497 e. The Labute approximate surface area is 151 Å². The Hall–Kier alpha value is -1.51. The Balaban J connectivity index is 0.00000169. The van der Waals surface area contributed by atoms with Crippen LogP contribution in [0.25, 0.3) is 0 Å². The fourth-order valence-corrected chi connectivity index (χ4v) is 4.97. The summed E-state index contributed by atoms with van der Waals surface area (Å²) < 4.78 is 5.54. The third kappa shape index (κ3) is 2.35. The smallest absolute Gasteiger partial charge is 0.119 e. The number of hydrogen-bond acceptors (Lipinski definition) is 2. The van der Waals surface area contributed by atoms with Crippen LogP contribution in [0, 0.1) is 5.92 Å². The van der Waals surface area contributed by atoms with Crippen LogP contribution in [0.4, 0.5) is 0 Å². The van der Waals surface area contributed by atoms with Crippen LogP contribution in [0.2, 0.25) is 0 Å². The molecule has 2 aliphatic rings. The quantitative estimate of drug-likeness (QED) is 0.806. The predicted octanol–water partition coefficient (Wildman–Crippen LogP) is 4.30. The van der Waals surface area contributed by atoms with Crippen molar-refractivity contribution in [2.24, 2.45) is 5.92 Å². The van der Waals surface area contributed by atoms with Gasteiger partial charge in [0.25, 0.3) is 0 Å². The molecule has 1 aliphatic carbocycles. The molecule has 1 heterocycles. The number of hydrogen-bond donors (Lipinski definition) is 0. The summed E-state index contributed by atoms with van der Waals surface area (Å²) in [5.74, 6) is 1.58. The number of likely N-dealkylation sites (tertiary alicyclic amines) is 1. The average molecular weight is 344 g/mol. The van der Waals surface area contributed by atoms with Crippen LogP contribution in [0.5, 0.6) is 5.75 Å². The van der Waals surface area contributed by atoms with Gasteiger partial charge in [0.05, 0.1) is 7.11 Å². The zero-order chi connectivity index (χ0) is 16.0. The van der Waals surface area contributed by atoms with Crippen molar-refractivity contribution in [3.63, 3.8) is 0 Å². The summed E-state index contributed by atoms with van der Waals surface area (Å²) in [5.41, 5.74) is 4.55. The van der Waals surface area contributed by atoms with Crippen molar-refractivity contribution < 1.29 is 4.74 Å². The maximum atomic E-state index is 5.54. The van der Waals surface area contributed by atoms with Gasteiger partial charge in [0, 0.05) is 11.5 Å². The number of rotatable bonds is 2. The van der Waals surface area contributed by atoms with Crippen LogP contribution in [-0.4, -0.2) is 31.6 Å². The van der Waals surface area contributed by atoms with Crippen molar-refractivity contribution in [1.82, 2.24) is 4.90 Å². The van der Waals surface area contributed by atoms with Gasteiger partial charge in [0.2, 0.25) is 0 Å². The Morgan fingerprint density at radius 3 is 2.58 bits per heavy atom. The lowest BCUT2D eigenvalue weighted by Crippen LogP contribution is -2.58. The first-order valence-electron chi connectivity index (χ1n) is 8.60. The van der Waals surface area contributed by atoms with Crippen LogP contribution < -0.4 is 4.74 Å². The van der Waals surface area contributed by atoms with Gasteiger partial charge >= 0.3 is 0 Å². The molecule has 0 spiro atoms. The van der Waals surface area contributed by atoms with E-state index >= 15 is 0 Å². The van der Waals surface area contributed by atoms with Gasteiger partial charge in [0.1, 0.15) is 5.75 Å². The van der Waals surface area contributed by atoms with E-state index in [9.17, 15) is 0 Å². The minimum atomic E-state index is 0. The van der Waals surface area contributed by atoms with E-state index in [1.54, 1.807) is 7.11 Å². The van der Waals surface area contributed by atoms with E-state index in [4.69, 9.17) is 4.74 Å². The van der Waals surface area contributed by atoms with E-state index < -0.39 is 0 Å². The summed E-state index contributed by atoms with van der Waals surface area (Å²) in [5, 5.41) is 0. The second-order valence-electron chi connectivity index (χ2n) is 7.15. The van der Waals surface area contributed by atoms with Crippen molar-refractivity contribution in [2.45, 2.75) is 31.2 Å². The van der Waals surface area contributed by atoms with Crippen molar-refractivity contribution in [2.75, 3.05) is 20.7 Å². The molecule has 2 bridgehead atoms. The zero-order valence-corrected chi connectivity index (χ0v) is 15.5. The van der Waals surface area contributed by atoms with Gasteiger partial charge in [-0.1, -0.05) is 43.3 Å². The van der Waals surface area contributed by atoms with Gasteiger partial charge < -0.3 is 9.64 Å². The molecule has 3 heteroatoms. The highest BCUT2D eigenvalue weighted by molar-refractivity contribution is 5.85. The molecule has 2 aromatic carbocycles. The second kappa shape index (κ2) is 6.42. The summed E-state index contributed by atoms with van der Waals surface area (Å²) >= 11 is 0. The number of nitrogens with zero attached hydrogens (tertiary/aromatic N) is 1. The van der Waals surface area contributed by atoms with Gasteiger partial charge in [-0.3, -0.25) is 0 Å². The third-order valence-electron chi connectivity index (χ3n) is 6.30. The van der Waals surface area contributed by atoms with E-state index in [-0.39, 0.29) is 17.8 Å². The fourth-order valence-electron chi connectivity index (χ4n) is 4.97. The Morgan fingerprint density at radius 2 is 1.88 bits per heavy atom. The van der Waals surface area contributed by atoms with Gasteiger partial charge in [-0.25, -0.2) is 0 Å². The molecular formula is C21H26ClNO. The molecule has 128 valence electrons. The maximum absolute atomic E-state index is 5.54. The topological polar surface area (TPSA) is 12.5 Å². The number of likely N-dealkylation sites (N-methyl/N-ethyl adjacent to an activating group) is 1. The van der Waals surface area contributed by atoms with Crippen molar-refractivity contribution >= 4 is 12.4 Å². The highest BCUT2D eigenvalue weighted by atomic mass is 35.5. The number of benzene rings is 2. The molecule has 3 unspecified atom stereocenters. The largest absolute Gasteiger partial charge is 0.497 e. The van der Waals surface area contributed by atoms with Gasteiger partial charge in [-0.2, -0.15) is 0 Å². The lowest BCUT2D eigenvalue weighted by molar-refractivity contribution is 0.0613. The van der Waals surface area contributed by atoms with E-state index in [1.165, 1.54) is 23.1 Å². The van der Waals surface area contributed by atoms with Crippen molar-refractivity contribution in [3.05, 3.63) is 65.2 Å². The number of fused-ring (bicyclic) bond motifs is 4. The molecule has 1 saturated heterocycles. The molecule has 0 saturated carbocycles. The summed E-state index contributed by atoms with van der Waals surface area (Å²) in [6, 6.07) is 18.4. The van der Waals surface area contributed by atoms with E-state index in [0.29, 0.717) is 12.0 Å². The standard InChI is InChI=1S/C21H25NO.ClH/c1-15-20-13-16-9-10-18(23-3)14-19(16)21(15,11-12-22(20)2)17-7-5-4-6-8-17;/h4-10,14-15,20H,11-13H2,1-3H3;1H. The first-order valence-corrected chi connectivity index (χ1v) is 8.60. The minimum absolute atomic E-state index is 0. The van der Waals surface area contributed by atoms with Crippen LogP contribution in [0.3, 0.4) is 0 Å². The second-order valence-corrected chi connectivity index (χ2v) is 7.15. The maximum Gasteiger partial charge on any atom is 0.119 e. The molecule has 0 aromatic heterocycles. The first kappa shape index (κ1) is 17.3. The lowest BCUT2D eigenvalue weighted by Gasteiger charge is -2.55. The molecule has 1 aliphatic heterocycles. The van der Waals surface area contributed by atoms with Crippen molar-refractivity contribution in [3.8, 4) is 5.75 Å². The SMILES string of the molecule is COc1ccc2c(c1)C1(c3ccccc3)CCN(C)C(C2)C1C.Cl. The van der Waals surface area contributed by atoms with Crippen LogP contribution in [0.1, 0.15) is 30.0 Å². The number of piperidine rings is 1. The molecule has 3 atom stereocenters. The van der Waals surface area contributed by atoms with Crippen molar-refractivity contribution in [1.29, 1.82) is 0 Å². The van der Waals surface area contributed by atoms with Crippen LogP contribution in [0.15, 0.2) is 48.5 Å². The molecule has 2 nitrogen and oxygen atoms in total. The average Bonchev–Trinajstić information content (AvgIpc) is 2.59. The summed E-state index contributed by atoms with van der Waals surface area (Å²) in [7, 11) is 4.05. The molecular weight excluding hydrogens is 318 g/mol. The van der Waals surface area contributed by atoms with E-state index in [2.05, 4.69) is 67.4 Å². The van der Waals surface area contributed by atoms with E-state index in [1.807, 2.05) is 0 Å². The highest BCUT2D eigenvalue weighted by Crippen LogP contribution is 2.52. The van der Waals surface area contributed by atoms with Gasteiger partial charge in [0.15, 0.2) is 0 Å². The summed E-state index contributed by atoms with van der Waals surface area (Å²) in [6.07, 6.45) is 2.32. The Bertz CT molecular complexity index is 717. The number of halogens is 1. The van der Waals surface area contributed by atoms with E-state index in [0.717, 1.165) is 18.7 Å². The summed E-state index contributed by atoms with van der Waals surface area (Å²) in [4.78, 5) is 2.55. The third-order valence-corrected chi connectivity index (χ3v) is 6.30. The molecule has 2 aromatic rings. The monoisotopic (exact) mass is 343 g/mol. The summed E-state index contributed by atoms with van der Waals surface area (Å²) in [6.45, 7) is 3.59. The molecule has 24 heavy (non-hydrogen) atoms. The number of ether oxygens (including phenoxy) is 1. The molecule has 0 N–H and O–H groups in total. The number of methoxy groups -OCH3 is 1. The lowest BCUT2D eigenvalue weighted by atomic mass is 9.55. The Morgan fingerprint density at radius 1 is 1.12 bits per heavy atom. The fraction of sp³-hybridized carbons (Fsp3) is 0.429. The molecule has 1 fully saturated rings. The van der Waals surface area contributed by atoms with Crippen LogP contribution in [-0.2, 0) is 11.8 Å². The molecule has 0 amide bonds. The first-order chi connectivity index (χ1) is 11.2. The Kier molecular flexibility index (Phi) is 4.63. The van der Waals surface area contributed by atoms with Crippen LogP contribution >= 0.6 is 12.4 Å². The molecule has 4 rings (SSSR count). The van der Waals surface area contributed by atoms with Gasteiger partial charge in [-0.05, 0) is 61.2 Å². The normalized spacial score (nSPS) is 28.6. The highest BCUT2D eigenvalue weighted by Gasteiger charge is 2.51. The predicted molar refractivity (Wildman–Crippen MR) is 101 cm³/mol. The molecule has 0 radical (unpaired) electrons. The van der Waals surface area contributed by atoms with Gasteiger partial charge in [-0.15, -0.1) is 12.4 Å².